The monoisotopic (exact) mass is 225 g/mol. The van der Waals surface area contributed by atoms with Crippen molar-refractivity contribution in [1.82, 2.24) is 15.4 Å². The van der Waals surface area contributed by atoms with E-state index >= 15 is 0 Å². The Hall–Kier alpha value is -0.170. The maximum Gasteiger partial charge on any atom is 1.00 e. The van der Waals surface area contributed by atoms with E-state index in [0.717, 1.165) is 0 Å². The standard InChI is InChI=1S/C7H11N3O2S.Na.H/c1-2-12-6(11)4-3-5-7(13)9-10-8-5;;/h2-4H2,1H3,(H2,8,9,10,13);;/q;+1;-1. The van der Waals surface area contributed by atoms with Gasteiger partial charge in [0.25, 0.3) is 0 Å². The number of ether oxygens (including phenoxy) is 1. The van der Waals surface area contributed by atoms with E-state index in [1.54, 1.807) is 6.92 Å². The molecule has 74 valence electrons. The molecule has 0 atom stereocenters. The van der Waals surface area contributed by atoms with E-state index in [-0.39, 0.29) is 37.0 Å². The quantitative estimate of drug-likeness (QED) is 0.356. The van der Waals surface area contributed by atoms with Gasteiger partial charge in [-0.1, -0.05) is 12.2 Å². The minimum atomic E-state index is -0.222. The predicted octanol–water partition coefficient (Wildman–Crippen LogP) is -1.92. The second-order valence-corrected chi connectivity index (χ2v) is 2.84. The first-order chi connectivity index (χ1) is 6.24. The Labute approximate surface area is 110 Å². The third-order valence-electron chi connectivity index (χ3n) is 1.49. The Morgan fingerprint density at radius 3 is 2.93 bits per heavy atom. The smallest absolute Gasteiger partial charge is 1.00 e. The number of nitrogens with one attached hydrogen (secondary N) is 2. The van der Waals surface area contributed by atoms with Gasteiger partial charge in [-0.05, 0) is 6.92 Å². The van der Waals surface area contributed by atoms with E-state index in [4.69, 9.17) is 17.0 Å². The maximum atomic E-state index is 10.9. The van der Waals surface area contributed by atoms with E-state index in [0.29, 0.717) is 29.8 Å². The number of H-pyrrole nitrogens is 2. The second-order valence-electron chi connectivity index (χ2n) is 2.43. The largest absolute Gasteiger partial charge is 1.00 e. The molecule has 1 rings (SSSR count). The molecule has 0 radical (unpaired) electrons. The molecular weight excluding hydrogens is 213 g/mol. The van der Waals surface area contributed by atoms with Gasteiger partial charge in [-0.25, -0.2) is 5.21 Å². The van der Waals surface area contributed by atoms with E-state index in [2.05, 4.69) is 15.4 Å². The molecule has 0 aromatic carbocycles. The van der Waals surface area contributed by atoms with Gasteiger partial charge in [0.1, 0.15) is 4.64 Å². The Bertz CT molecular complexity index is 341. The maximum absolute atomic E-state index is 10.9. The van der Waals surface area contributed by atoms with Gasteiger partial charge in [0.05, 0.1) is 18.7 Å². The van der Waals surface area contributed by atoms with Crippen LogP contribution in [-0.4, -0.2) is 28.0 Å². The van der Waals surface area contributed by atoms with Crippen LogP contribution in [0.1, 0.15) is 20.5 Å². The van der Waals surface area contributed by atoms with Gasteiger partial charge >= 0.3 is 35.5 Å². The molecule has 1 aromatic heterocycles. The SMILES string of the molecule is CCOC(=O)CCc1n[nH][nH]c1=S.[H-].[Na+]. The summed E-state index contributed by atoms with van der Waals surface area (Å²) >= 11 is 4.90. The fourth-order valence-corrected chi connectivity index (χ4v) is 1.09. The van der Waals surface area contributed by atoms with Gasteiger partial charge < -0.3 is 6.16 Å². The Morgan fingerprint density at radius 1 is 1.71 bits per heavy atom. The van der Waals surface area contributed by atoms with Crippen molar-refractivity contribution in [2.45, 2.75) is 19.8 Å². The molecule has 0 aliphatic heterocycles. The fourth-order valence-electron chi connectivity index (χ4n) is 0.892. The van der Waals surface area contributed by atoms with Gasteiger partial charge in [0.15, 0.2) is 0 Å². The van der Waals surface area contributed by atoms with Crippen molar-refractivity contribution in [3.05, 3.63) is 10.3 Å². The number of nitrogens with zero attached hydrogens (tertiary/aromatic N) is 1. The van der Waals surface area contributed by atoms with Gasteiger partial charge in [0.2, 0.25) is 0 Å². The number of esters is 1. The zero-order valence-electron chi connectivity index (χ0n) is 9.29. The van der Waals surface area contributed by atoms with Crippen LogP contribution in [-0.2, 0) is 16.0 Å². The molecule has 14 heavy (non-hydrogen) atoms. The molecule has 0 saturated heterocycles. The van der Waals surface area contributed by atoms with Crippen molar-refractivity contribution >= 4 is 18.2 Å². The summed E-state index contributed by atoms with van der Waals surface area (Å²) in [7, 11) is 0. The van der Waals surface area contributed by atoms with Crippen molar-refractivity contribution < 1.29 is 40.5 Å². The van der Waals surface area contributed by atoms with Crippen LogP contribution in [0.5, 0.6) is 0 Å². The number of hydrogen-bond donors (Lipinski definition) is 2. The number of carbonyl (C=O) groups excluding carboxylic acids is 1. The number of carbonyl (C=O) groups is 1. The molecular formula is C7H12N3NaO2S. The number of aromatic amines is 2. The van der Waals surface area contributed by atoms with E-state index < -0.39 is 0 Å². The van der Waals surface area contributed by atoms with Gasteiger partial charge in [-0.2, -0.15) is 5.10 Å². The minimum absolute atomic E-state index is 0. The van der Waals surface area contributed by atoms with Crippen LogP contribution < -0.4 is 29.6 Å². The molecule has 0 aliphatic carbocycles. The van der Waals surface area contributed by atoms with Crippen molar-refractivity contribution in [3.63, 3.8) is 0 Å². The summed E-state index contributed by atoms with van der Waals surface area (Å²) in [5, 5.41) is 9.03. The third-order valence-corrected chi connectivity index (χ3v) is 1.83. The third kappa shape index (κ3) is 4.36. The van der Waals surface area contributed by atoms with E-state index in [1.807, 2.05) is 0 Å². The summed E-state index contributed by atoms with van der Waals surface area (Å²) in [4.78, 5) is 10.9. The van der Waals surface area contributed by atoms with Crippen LogP contribution in [0.3, 0.4) is 0 Å². The van der Waals surface area contributed by atoms with Crippen LogP contribution in [0, 0.1) is 4.64 Å². The van der Waals surface area contributed by atoms with Crippen LogP contribution >= 0.6 is 12.2 Å². The van der Waals surface area contributed by atoms with E-state index in [1.165, 1.54) is 0 Å². The predicted molar refractivity (Wildman–Crippen MR) is 49.8 cm³/mol. The Kier molecular flexibility index (Phi) is 7.08. The van der Waals surface area contributed by atoms with Crippen LogP contribution in [0.2, 0.25) is 0 Å². The van der Waals surface area contributed by atoms with Crippen molar-refractivity contribution in [1.29, 1.82) is 0 Å². The van der Waals surface area contributed by atoms with Gasteiger partial charge in [-0.3, -0.25) is 9.89 Å². The first-order valence-corrected chi connectivity index (χ1v) is 4.42. The Morgan fingerprint density at radius 2 is 2.43 bits per heavy atom. The number of hydrogen-bond acceptors (Lipinski definition) is 4. The van der Waals surface area contributed by atoms with Crippen molar-refractivity contribution in [2.24, 2.45) is 0 Å². The average Bonchev–Trinajstić information content (AvgIpc) is 2.48. The fraction of sp³-hybridized carbons (Fsp3) is 0.571. The number of aryl methyl sites for hydroxylation is 1. The zero-order chi connectivity index (χ0) is 9.68. The molecule has 2 N–H and O–H groups in total. The number of rotatable bonds is 4. The Balaban J connectivity index is 0. The first kappa shape index (κ1) is 13.8. The summed E-state index contributed by atoms with van der Waals surface area (Å²) in [6.45, 7) is 2.19. The van der Waals surface area contributed by atoms with Gasteiger partial charge in [-0.15, -0.1) is 0 Å². The van der Waals surface area contributed by atoms with Crippen LogP contribution in [0.15, 0.2) is 0 Å². The normalized spacial score (nSPS) is 9.21. The summed E-state index contributed by atoms with van der Waals surface area (Å²) in [6, 6.07) is 0. The van der Waals surface area contributed by atoms with Gasteiger partial charge in [0, 0.05) is 6.42 Å². The van der Waals surface area contributed by atoms with Crippen LogP contribution in [0.4, 0.5) is 0 Å². The van der Waals surface area contributed by atoms with E-state index in [9.17, 15) is 4.79 Å². The zero-order valence-corrected chi connectivity index (χ0v) is 11.1. The molecule has 7 heteroatoms. The first-order valence-electron chi connectivity index (χ1n) is 4.01. The van der Waals surface area contributed by atoms with Crippen molar-refractivity contribution in [2.75, 3.05) is 6.61 Å². The molecule has 0 fully saturated rings. The minimum Gasteiger partial charge on any atom is -1.00 e. The molecule has 1 aromatic rings. The molecule has 5 nitrogen and oxygen atoms in total. The molecule has 0 bridgehead atoms. The molecule has 0 unspecified atom stereocenters. The molecule has 0 aliphatic rings. The topological polar surface area (TPSA) is 70.8 Å². The average molecular weight is 225 g/mol. The summed E-state index contributed by atoms with van der Waals surface area (Å²) in [5.74, 6) is -0.222. The molecule has 0 saturated carbocycles. The summed E-state index contributed by atoms with van der Waals surface area (Å²) in [6.07, 6.45) is 0.827. The number of aromatic nitrogens is 3. The van der Waals surface area contributed by atoms with Crippen molar-refractivity contribution in [3.8, 4) is 0 Å². The second kappa shape index (κ2) is 7.17. The summed E-state index contributed by atoms with van der Waals surface area (Å²) in [5.41, 5.74) is 0.697. The summed E-state index contributed by atoms with van der Waals surface area (Å²) < 4.78 is 5.30. The molecule has 0 spiro atoms. The van der Waals surface area contributed by atoms with Crippen LogP contribution in [0.25, 0.3) is 0 Å². The molecule has 0 amide bonds. The molecule has 1 heterocycles.